The van der Waals surface area contributed by atoms with E-state index < -0.39 is 46.2 Å². The van der Waals surface area contributed by atoms with Gasteiger partial charge in [0.2, 0.25) is 0 Å². The van der Waals surface area contributed by atoms with Crippen LogP contribution in [0.2, 0.25) is 48.4 Å². The Kier molecular flexibility index (Phi) is 20.2. The molecule has 0 unspecified atom stereocenters. The van der Waals surface area contributed by atoms with Gasteiger partial charge in [-0.3, -0.25) is 0 Å². The van der Waals surface area contributed by atoms with Gasteiger partial charge in [-0.15, -0.1) is 0 Å². The van der Waals surface area contributed by atoms with Crippen LogP contribution >= 0.6 is 0 Å². The minimum atomic E-state index is -1.64. The fourth-order valence-corrected chi connectivity index (χ4v) is 23.0. The second-order valence-electron chi connectivity index (χ2n) is 14.9. The highest BCUT2D eigenvalue weighted by atomic mass is 28.3. The third-order valence-corrected chi connectivity index (χ3v) is 25.0. The highest BCUT2D eigenvalue weighted by Gasteiger charge is 2.31. The Hall–Kier alpha value is -3.64. The first-order valence-electron chi connectivity index (χ1n) is 20.7. The molecule has 0 fully saturated rings. The lowest BCUT2D eigenvalue weighted by Crippen LogP contribution is -2.35. The molecule has 0 N–H and O–H groups in total. The van der Waals surface area contributed by atoms with Crippen molar-refractivity contribution in [3.05, 3.63) is 72.8 Å². The molecule has 0 amide bonds. The van der Waals surface area contributed by atoms with Gasteiger partial charge in [-0.1, -0.05) is 123 Å². The largest absolute Gasteiger partial charge is 0.493 e. The Morgan fingerprint density at radius 1 is 0.333 bits per heavy atom. The summed E-state index contributed by atoms with van der Waals surface area (Å²) in [6.07, 6.45) is 5.23. The summed E-state index contributed by atoms with van der Waals surface area (Å²) in [5, 5.41) is 5.50. The average Bonchev–Trinajstić information content (AvgIpc) is 3.25. The summed E-state index contributed by atoms with van der Waals surface area (Å²) in [6.45, 7) is 0. The Morgan fingerprint density at radius 2 is 0.561 bits per heavy atom. The van der Waals surface area contributed by atoms with Crippen molar-refractivity contribution < 1.29 is 37.9 Å². The van der Waals surface area contributed by atoms with E-state index in [1.165, 1.54) is 94.8 Å². The van der Waals surface area contributed by atoms with E-state index in [4.69, 9.17) is 37.9 Å². The minimum Gasteiger partial charge on any atom is -0.493 e. The lowest BCUT2D eigenvalue weighted by molar-refractivity contribution is 0.357. The van der Waals surface area contributed by atoms with Gasteiger partial charge >= 0.3 is 0 Å². The molecule has 0 aliphatic carbocycles. The molecule has 57 heavy (non-hydrogen) atoms. The zero-order valence-electron chi connectivity index (χ0n) is 36.0. The van der Waals surface area contributed by atoms with Crippen molar-refractivity contribution in [2.24, 2.45) is 0 Å². The van der Waals surface area contributed by atoms with Crippen LogP contribution < -0.4 is 58.6 Å². The van der Waals surface area contributed by atoms with Crippen molar-refractivity contribution in [1.82, 2.24) is 0 Å². The zero-order valence-corrected chi connectivity index (χ0v) is 42.7. The Bertz CT molecular complexity index is 1530. The second kappa shape index (κ2) is 25.0. The van der Waals surface area contributed by atoms with Crippen molar-refractivity contribution in [1.29, 1.82) is 0 Å². The van der Waals surface area contributed by atoms with Crippen LogP contribution in [-0.4, -0.2) is 103 Å². The normalized spacial score (nSPS) is 12.9. The van der Waals surface area contributed by atoms with Crippen LogP contribution in [0.25, 0.3) is 0 Å². The summed E-state index contributed by atoms with van der Waals surface area (Å²) < 4.78 is 46.0. The van der Waals surface area contributed by atoms with Gasteiger partial charge < -0.3 is 37.9 Å². The molecule has 0 bridgehead atoms. The lowest BCUT2D eigenvalue weighted by atomic mass is 10.3. The van der Waals surface area contributed by atoms with E-state index in [0.29, 0.717) is 0 Å². The first kappa shape index (κ1) is 46.1. The van der Waals surface area contributed by atoms with E-state index in [0.717, 1.165) is 46.0 Å². The number of para-hydroxylation sites is 4. The zero-order chi connectivity index (χ0) is 40.9. The predicted molar refractivity (Wildman–Crippen MR) is 254 cm³/mol. The van der Waals surface area contributed by atoms with Crippen LogP contribution in [0, 0.1) is 0 Å². The van der Waals surface area contributed by atoms with Crippen molar-refractivity contribution in [3.8, 4) is 46.0 Å². The summed E-state index contributed by atoms with van der Waals surface area (Å²) >= 11 is 0. The molecule has 312 valence electrons. The molecule has 4 rings (SSSR count). The smallest absolute Gasteiger partial charge is 0.160 e. The van der Waals surface area contributed by atoms with Gasteiger partial charge in [0.05, 0.1) is 103 Å². The van der Waals surface area contributed by atoms with Gasteiger partial charge in [0, 0.05) is 0 Å². The Balaban J connectivity index is 1.54. The fraction of sp³-hybridized carbons (Fsp3) is 0.455. The Morgan fingerprint density at radius 3 is 0.754 bits per heavy atom. The van der Waals surface area contributed by atoms with Crippen molar-refractivity contribution in [2.75, 3.05) is 56.9 Å². The summed E-state index contributed by atoms with van der Waals surface area (Å²) in [5.41, 5.74) is 0. The highest BCUT2D eigenvalue weighted by molar-refractivity contribution is 6.80. The number of ether oxygens (including phenoxy) is 8. The van der Waals surface area contributed by atoms with Crippen LogP contribution in [-0.2, 0) is 0 Å². The summed E-state index contributed by atoms with van der Waals surface area (Å²) in [7, 11) is 10.3. The van der Waals surface area contributed by atoms with Crippen LogP contribution in [0.3, 0.4) is 0 Å². The van der Waals surface area contributed by atoms with Gasteiger partial charge in [0.15, 0.2) is 46.0 Å². The number of hydrogen-bond donors (Lipinski definition) is 0. The summed E-state index contributed by atoms with van der Waals surface area (Å²) in [4.78, 5) is 0. The molecule has 0 saturated heterocycles. The molecule has 0 aromatic heterocycles. The predicted octanol–water partition coefficient (Wildman–Crippen LogP) is 4.71. The molecule has 0 heterocycles. The average molecular weight is 865 g/mol. The van der Waals surface area contributed by atoms with Crippen LogP contribution in [0.15, 0.2) is 72.8 Å². The van der Waals surface area contributed by atoms with Gasteiger partial charge in [0.1, 0.15) is 0 Å². The van der Waals surface area contributed by atoms with E-state index in [-0.39, 0.29) is 0 Å². The fourth-order valence-electron chi connectivity index (χ4n) is 8.61. The van der Waals surface area contributed by atoms with E-state index in [9.17, 15) is 0 Å². The maximum atomic E-state index is 5.84. The quantitative estimate of drug-likeness (QED) is 0.0602. The van der Waals surface area contributed by atoms with E-state index >= 15 is 0 Å². The number of rotatable bonds is 28. The SMILES string of the molecule is COc1cccc([SiH2]CCC[Si](CCC[SiH2]c2cccc(OC)c2OC)(CCC[SiH2]c2cccc(OC)c2OC)CCC[SiH2]c2cccc(OC)c2OC)c1OC. The summed E-state index contributed by atoms with van der Waals surface area (Å²) in [6, 6.07) is 36.3. The first-order valence-corrected chi connectivity index (χ1v) is 30.4. The maximum Gasteiger partial charge on any atom is 0.160 e. The third-order valence-electron chi connectivity index (χ3n) is 11.6. The molecular weight excluding hydrogens is 797 g/mol. The van der Waals surface area contributed by atoms with Crippen molar-refractivity contribution >= 4 is 66.9 Å². The minimum absolute atomic E-state index is 0.507. The molecule has 0 spiro atoms. The number of hydrogen-bond acceptors (Lipinski definition) is 8. The molecule has 13 heteroatoms. The highest BCUT2D eigenvalue weighted by Crippen LogP contribution is 2.35. The second-order valence-corrected chi connectivity index (χ2v) is 27.8. The maximum absolute atomic E-state index is 5.84. The number of methoxy groups -OCH3 is 8. The Labute approximate surface area is 352 Å². The standard InChI is InChI=1S/C44H68O8Si5/c1-45-33-17-9-21-37(41(33)49-5)53-25-13-29-57(30-14-26-54-38-22-10-18-34(46-2)42(38)50-6,31-15-27-55-39-23-11-19-35(47-3)43(39)51-7)32-16-28-56-40-24-12-20-36(48-4)44(40)52-8/h9-12,17-24H,13-16,25-32,53-56H2,1-8H3. The van der Waals surface area contributed by atoms with Gasteiger partial charge in [-0.05, 0) is 45.0 Å². The van der Waals surface area contributed by atoms with Gasteiger partial charge in [0.25, 0.3) is 0 Å². The first-order chi connectivity index (χ1) is 27.9. The molecular formula is C44H68O8Si5. The lowest BCUT2D eigenvalue weighted by Gasteiger charge is -2.33. The van der Waals surface area contributed by atoms with Crippen molar-refractivity contribution in [2.45, 2.75) is 74.0 Å². The summed E-state index contributed by atoms with van der Waals surface area (Å²) in [5.74, 6) is 7.11. The number of benzene rings is 4. The third kappa shape index (κ3) is 13.2. The van der Waals surface area contributed by atoms with Crippen molar-refractivity contribution in [3.63, 3.8) is 0 Å². The van der Waals surface area contributed by atoms with E-state index in [2.05, 4.69) is 48.5 Å². The molecule has 0 aliphatic heterocycles. The van der Waals surface area contributed by atoms with E-state index in [1.54, 1.807) is 56.9 Å². The van der Waals surface area contributed by atoms with Crippen LogP contribution in [0.1, 0.15) is 25.7 Å². The van der Waals surface area contributed by atoms with E-state index in [1.807, 2.05) is 24.3 Å². The molecule has 0 radical (unpaired) electrons. The van der Waals surface area contributed by atoms with Gasteiger partial charge in [-0.25, -0.2) is 0 Å². The molecule has 0 atom stereocenters. The molecule has 4 aromatic carbocycles. The molecule has 0 saturated carbocycles. The monoisotopic (exact) mass is 864 g/mol. The van der Waals surface area contributed by atoms with Crippen LogP contribution in [0.4, 0.5) is 0 Å². The molecule has 8 nitrogen and oxygen atoms in total. The van der Waals surface area contributed by atoms with Crippen LogP contribution in [0.5, 0.6) is 46.0 Å². The molecule has 0 aliphatic rings. The molecule has 4 aromatic rings. The van der Waals surface area contributed by atoms with Gasteiger partial charge in [-0.2, -0.15) is 0 Å². The topological polar surface area (TPSA) is 73.8 Å².